The van der Waals surface area contributed by atoms with Gasteiger partial charge in [0.2, 0.25) is 0 Å². The van der Waals surface area contributed by atoms with Gasteiger partial charge in [-0.1, -0.05) is 22.9 Å². The first-order valence-electron chi connectivity index (χ1n) is 5.30. The van der Waals surface area contributed by atoms with Gasteiger partial charge in [-0.05, 0) is 41.9 Å². The largest absolute Gasteiger partial charge is 0.489 e. The number of halogens is 2. The van der Waals surface area contributed by atoms with E-state index in [-0.39, 0.29) is 6.10 Å². The van der Waals surface area contributed by atoms with Gasteiger partial charge in [0.1, 0.15) is 11.5 Å². The maximum Gasteiger partial charge on any atom is 0.279 e. The van der Waals surface area contributed by atoms with Crippen LogP contribution < -0.4 is 9.47 Å². The first-order chi connectivity index (χ1) is 8.54. The lowest BCUT2D eigenvalue weighted by molar-refractivity contribution is 0.242. The van der Waals surface area contributed by atoms with Gasteiger partial charge in [-0.2, -0.15) is 0 Å². The minimum atomic E-state index is 0.0872. The fourth-order valence-electron chi connectivity index (χ4n) is 1.28. The van der Waals surface area contributed by atoms with Gasteiger partial charge < -0.3 is 9.47 Å². The molecule has 1 aromatic heterocycles. The lowest BCUT2D eigenvalue weighted by Crippen LogP contribution is -2.05. The zero-order valence-electron chi connectivity index (χ0n) is 9.81. The van der Waals surface area contributed by atoms with Gasteiger partial charge in [-0.15, -0.1) is 0 Å². The zero-order chi connectivity index (χ0) is 13.1. The number of aromatic nitrogens is 1. The van der Waals surface area contributed by atoms with Crippen LogP contribution in [0, 0.1) is 0 Å². The number of hydrogen-bond acceptors (Lipinski definition) is 4. The Morgan fingerprint density at radius 1 is 1.39 bits per heavy atom. The molecule has 0 aliphatic heterocycles. The van der Waals surface area contributed by atoms with E-state index in [2.05, 4.69) is 20.9 Å². The van der Waals surface area contributed by atoms with Crippen molar-refractivity contribution in [2.45, 2.75) is 20.0 Å². The maximum atomic E-state index is 6.11. The molecule has 6 heteroatoms. The van der Waals surface area contributed by atoms with Crippen molar-refractivity contribution >= 4 is 38.9 Å². The summed E-state index contributed by atoms with van der Waals surface area (Å²) in [6, 6.07) is 5.31. The fourth-order valence-corrected chi connectivity index (χ4v) is 2.53. The van der Waals surface area contributed by atoms with Gasteiger partial charge in [0.05, 0.1) is 21.1 Å². The number of hydrogen-bond donors (Lipinski definition) is 0. The monoisotopic (exact) mass is 347 g/mol. The molecule has 0 amide bonds. The third-order valence-corrected chi connectivity index (χ3v) is 3.58. The van der Waals surface area contributed by atoms with Crippen molar-refractivity contribution in [2.24, 2.45) is 0 Å². The molecule has 0 spiro atoms. The van der Waals surface area contributed by atoms with E-state index in [1.165, 1.54) is 11.3 Å². The maximum absolute atomic E-state index is 6.11. The van der Waals surface area contributed by atoms with E-state index >= 15 is 0 Å². The van der Waals surface area contributed by atoms with Crippen LogP contribution >= 0.6 is 38.9 Å². The van der Waals surface area contributed by atoms with Gasteiger partial charge in [0, 0.05) is 6.07 Å². The van der Waals surface area contributed by atoms with Crippen LogP contribution in [0.2, 0.25) is 5.02 Å². The second-order valence-corrected chi connectivity index (χ2v) is 6.57. The van der Waals surface area contributed by atoms with E-state index in [1.807, 2.05) is 13.8 Å². The summed E-state index contributed by atoms with van der Waals surface area (Å²) in [7, 11) is 0. The van der Waals surface area contributed by atoms with Crippen molar-refractivity contribution < 1.29 is 9.47 Å². The molecule has 0 bridgehead atoms. The highest BCUT2D eigenvalue weighted by molar-refractivity contribution is 9.11. The molecule has 18 heavy (non-hydrogen) atoms. The Kier molecular flexibility index (Phi) is 4.48. The average Bonchev–Trinajstić information content (AvgIpc) is 2.68. The molecule has 0 unspecified atom stereocenters. The van der Waals surface area contributed by atoms with Crippen LogP contribution in [0.5, 0.6) is 16.7 Å². The second-order valence-electron chi connectivity index (χ2n) is 3.79. The second kappa shape index (κ2) is 5.91. The van der Waals surface area contributed by atoms with Crippen LogP contribution in [-0.4, -0.2) is 11.1 Å². The zero-order valence-corrected chi connectivity index (χ0v) is 13.0. The first-order valence-corrected chi connectivity index (χ1v) is 7.28. The third kappa shape index (κ3) is 3.60. The molecular weight excluding hydrogens is 338 g/mol. The molecule has 1 heterocycles. The molecule has 0 fully saturated rings. The Morgan fingerprint density at radius 2 is 2.17 bits per heavy atom. The van der Waals surface area contributed by atoms with E-state index in [1.54, 1.807) is 24.4 Å². The van der Waals surface area contributed by atoms with E-state index in [0.29, 0.717) is 21.7 Å². The van der Waals surface area contributed by atoms with Crippen LogP contribution in [0.25, 0.3) is 0 Å². The predicted molar refractivity (Wildman–Crippen MR) is 77.1 cm³/mol. The fraction of sp³-hybridized carbons (Fsp3) is 0.250. The summed E-state index contributed by atoms with van der Waals surface area (Å²) >= 11 is 10.9. The molecule has 0 saturated carbocycles. The number of benzene rings is 1. The Morgan fingerprint density at radius 3 is 2.72 bits per heavy atom. The van der Waals surface area contributed by atoms with Gasteiger partial charge in [0.25, 0.3) is 5.19 Å². The molecule has 2 rings (SSSR count). The SMILES string of the molecule is CC(C)Oc1ccc(Oc2ncc(Br)s2)cc1Cl. The minimum Gasteiger partial charge on any atom is -0.489 e. The molecule has 3 nitrogen and oxygen atoms in total. The molecule has 2 aromatic rings. The summed E-state index contributed by atoms with van der Waals surface area (Å²) in [5.41, 5.74) is 0. The first kappa shape index (κ1) is 13.6. The van der Waals surface area contributed by atoms with E-state index in [9.17, 15) is 0 Å². The number of nitrogens with zero attached hydrogens (tertiary/aromatic N) is 1. The molecule has 0 aliphatic rings. The summed E-state index contributed by atoms with van der Waals surface area (Å²) in [5.74, 6) is 1.29. The van der Waals surface area contributed by atoms with Crippen LogP contribution in [0.15, 0.2) is 28.2 Å². The molecule has 0 N–H and O–H groups in total. The van der Waals surface area contributed by atoms with Crippen LogP contribution in [0.1, 0.15) is 13.8 Å². The third-order valence-electron chi connectivity index (χ3n) is 1.93. The van der Waals surface area contributed by atoms with Gasteiger partial charge in [-0.25, -0.2) is 4.98 Å². The van der Waals surface area contributed by atoms with Crippen molar-refractivity contribution in [1.82, 2.24) is 4.98 Å². The average molecular weight is 349 g/mol. The van der Waals surface area contributed by atoms with E-state index in [4.69, 9.17) is 21.1 Å². The molecule has 0 radical (unpaired) electrons. The van der Waals surface area contributed by atoms with Crippen molar-refractivity contribution in [3.63, 3.8) is 0 Å². The summed E-state index contributed by atoms with van der Waals surface area (Å²) in [6.45, 7) is 3.90. The predicted octanol–water partition coefficient (Wildman–Crippen LogP) is 5.14. The lowest BCUT2D eigenvalue weighted by Gasteiger charge is -2.12. The topological polar surface area (TPSA) is 31.4 Å². The Bertz CT molecular complexity index is 545. The van der Waals surface area contributed by atoms with Gasteiger partial charge in [-0.3, -0.25) is 0 Å². The lowest BCUT2D eigenvalue weighted by atomic mass is 10.3. The van der Waals surface area contributed by atoms with Gasteiger partial charge in [0.15, 0.2) is 0 Å². The molecular formula is C12H11BrClNO2S. The highest BCUT2D eigenvalue weighted by atomic mass is 79.9. The molecule has 0 saturated heterocycles. The van der Waals surface area contributed by atoms with E-state index in [0.717, 1.165) is 3.79 Å². The van der Waals surface area contributed by atoms with Crippen LogP contribution in [0.4, 0.5) is 0 Å². The summed E-state index contributed by atoms with van der Waals surface area (Å²) in [5, 5.41) is 1.09. The van der Waals surface area contributed by atoms with Crippen molar-refractivity contribution in [1.29, 1.82) is 0 Å². The number of thiazole rings is 1. The van der Waals surface area contributed by atoms with Gasteiger partial charge >= 0.3 is 0 Å². The van der Waals surface area contributed by atoms with E-state index < -0.39 is 0 Å². The Balaban J connectivity index is 2.13. The number of rotatable bonds is 4. The molecule has 0 atom stereocenters. The molecule has 1 aromatic carbocycles. The molecule has 96 valence electrons. The standard InChI is InChI=1S/C12H11BrClNO2S/c1-7(2)16-10-4-3-8(5-9(10)14)17-12-15-6-11(13)18-12/h3-7H,1-2H3. The normalized spacial score (nSPS) is 10.7. The van der Waals surface area contributed by atoms with Crippen molar-refractivity contribution in [3.8, 4) is 16.7 Å². The minimum absolute atomic E-state index is 0.0872. The summed E-state index contributed by atoms with van der Waals surface area (Å²) in [4.78, 5) is 4.09. The molecule has 0 aliphatic carbocycles. The van der Waals surface area contributed by atoms with Crippen LogP contribution in [-0.2, 0) is 0 Å². The highest BCUT2D eigenvalue weighted by Gasteiger charge is 2.08. The smallest absolute Gasteiger partial charge is 0.279 e. The Labute approximate surface area is 123 Å². The van der Waals surface area contributed by atoms with Crippen molar-refractivity contribution in [2.75, 3.05) is 0 Å². The quantitative estimate of drug-likeness (QED) is 0.766. The van der Waals surface area contributed by atoms with Crippen LogP contribution in [0.3, 0.4) is 0 Å². The summed E-state index contributed by atoms with van der Waals surface area (Å²) < 4.78 is 12.0. The Hall–Kier alpha value is -0.780. The van der Waals surface area contributed by atoms with Crippen molar-refractivity contribution in [3.05, 3.63) is 33.2 Å². The summed E-state index contributed by atoms with van der Waals surface area (Å²) in [6.07, 6.45) is 1.78. The highest BCUT2D eigenvalue weighted by Crippen LogP contribution is 2.34. The number of ether oxygens (including phenoxy) is 2.